The van der Waals surface area contributed by atoms with Gasteiger partial charge in [0.2, 0.25) is 0 Å². The average Bonchev–Trinajstić information content (AvgIpc) is 2.67. The van der Waals surface area contributed by atoms with Crippen molar-refractivity contribution in [1.82, 2.24) is 5.32 Å². The second-order valence-corrected chi connectivity index (χ2v) is 9.06. The molecule has 0 aromatic heterocycles. The first-order valence-electron chi connectivity index (χ1n) is 9.05. The largest absolute Gasteiger partial charge is 0.350 e. The van der Waals surface area contributed by atoms with Crippen molar-refractivity contribution in [2.24, 2.45) is 0 Å². The van der Waals surface area contributed by atoms with Gasteiger partial charge in [-0.15, -0.1) is 0 Å². The summed E-state index contributed by atoms with van der Waals surface area (Å²) in [5, 5.41) is 3.43. The molecule has 0 fully saturated rings. The molecule has 0 saturated heterocycles. The maximum absolute atomic E-state index is 13.1. The van der Waals surface area contributed by atoms with Crippen LogP contribution in [-0.2, 0) is 16.4 Å². The van der Waals surface area contributed by atoms with Crippen LogP contribution < -0.4 is 9.62 Å². The zero-order chi connectivity index (χ0) is 19.6. The summed E-state index contributed by atoms with van der Waals surface area (Å²) < 4.78 is 27.6. The highest BCUT2D eigenvalue weighted by molar-refractivity contribution is 7.92. The highest BCUT2D eigenvalue weighted by Gasteiger charge is 2.29. The minimum Gasteiger partial charge on any atom is -0.350 e. The van der Waals surface area contributed by atoms with Gasteiger partial charge in [-0.05, 0) is 74.2 Å². The number of benzene rings is 2. The molecule has 1 heterocycles. The second-order valence-electron chi connectivity index (χ2n) is 6.76. The van der Waals surface area contributed by atoms with Crippen LogP contribution in [0.1, 0.15) is 42.6 Å². The lowest BCUT2D eigenvalue weighted by Crippen LogP contribution is -2.36. The van der Waals surface area contributed by atoms with Crippen molar-refractivity contribution in [3.05, 3.63) is 58.6 Å². The molecule has 1 aliphatic heterocycles. The number of hydrogen-bond acceptors (Lipinski definition) is 3. The minimum absolute atomic E-state index is 0.0929. The van der Waals surface area contributed by atoms with E-state index in [4.69, 9.17) is 11.6 Å². The van der Waals surface area contributed by atoms with E-state index in [1.54, 1.807) is 30.3 Å². The third-order valence-corrected chi connectivity index (χ3v) is 6.89. The van der Waals surface area contributed by atoms with E-state index in [0.29, 0.717) is 29.2 Å². The fourth-order valence-corrected chi connectivity index (χ4v) is 4.76. The Bertz CT molecular complexity index is 942. The quantitative estimate of drug-likeness (QED) is 0.815. The summed E-state index contributed by atoms with van der Waals surface area (Å²) in [5.41, 5.74) is 2.06. The van der Waals surface area contributed by atoms with E-state index in [-0.39, 0.29) is 16.8 Å². The van der Waals surface area contributed by atoms with Crippen LogP contribution in [0, 0.1) is 0 Å². The van der Waals surface area contributed by atoms with Crippen LogP contribution in [0.4, 0.5) is 5.69 Å². The monoisotopic (exact) mass is 406 g/mol. The molecular formula is C20H23ClN2O3S. The number of halogens is 1. The van der Waals surface area contributed by atoms with E-state index >= 15 is 0 Å². The molecule has 0 spiro atoms. The summed E-state index contributed by atoms with van der Waals surface area (Å²) in [6, 6.07) is 11.5. The van der Waals surface area contributed by atoms with Gasteiger partial charge in [-0.2, -0.15) is 0 Å². The van der Waals surface area contributed by atoms with E-state index in [1.165, 1.54) is 16.4 Å². The molecule has 2 aromatic carbocycles. The topological polar surface area (TPSA) is 66.5 Å². The van der Waals surface area contributed by atoms with Gasteiger partial charge in [0.05, 0.1) is 10.6 Å². The van der Waals surface area contributed by atoms with Crippen LogP contribution in [0.2, 0.25) is 5.02 Å². The zero-order valence-corrected chi connectivity index (χ0v) is 17.0. The molecule has 144 valence electrons. The number of aryl methyl sites for hydroxylation is 1. The normalized spacial score (nSPS) is 15.1. The predicted molar refractivity (Wildman–Crippen MR) is 108 cm³/mol. The number of carbonyl (C=O) groups is 1. The zero-order valence-electron chi connectivity index (χ0n) is 15.4. The van der Waals surface area contributed by atoms with Gasteiger partial charge in [-0.3, -0.25) is 9.10 Å². The lowest BCUT2D eigenvalue weighted by atomic mass is 10.0. The summed E-state index contributed by atoms with van der Waals surface area (Å²) >= 11 is 5.88. The first-order valence-corrected chi connectivity index (χ1v) is 10.9. The van der Waals surface area contributed by atoms with Crippen molar-refractivity contribution >= 4 is 33.2 Å². The first-order chi connectivity index (χ1) is 12.8. The standard InChI is InChI=1S/C20H23ClN2O3S/c1-3-14(2)22-20(24)16-6-11-19-15(13-16)5-4-12-23(19)27(25,26)18-9-7-17(21)8-10-18/h6-11,13-14H,3-5,12H2,1-2H3,(H,22,24)/t14-/m1/s1. The number of sulfonamides is 1. The third-order valence-electron chi connectivity index (χ3n) is 4.81. The molecule has 1 amide bonds. The van der Waals surface area contributed by atoms with E-state index in [9.17, 15) is 13.2 Å². The van der Waals surface area contributed by atoms with E-state index in [1.807, 2.05) is 13.8 Å². The van der Waals surface area contributed by atoms with Crippen LogP contribution >= 0.6 is 11.6 Å². The number of nitrogens with one attached hydrogen (secondary N) is 1. The predicted octanol–water partition coefficient (Wildman–Crippen LogP) is 4.01. The maximum atomic E-state index is 13.1. The molecule has 0 saturated carbocycles. The Morgan fingerprint density at radius 3 is 2.59 bits per heavy atom. The van der Waals surface area contributed by atoms with Crippen LogP contribution in [0.3, 0.4) is 0 Å². The molecule has 0 aliphatic carbocycles. The molecule has 27 heavy (non-hydrogen) atoms. The van der Waals surface area contributed by atoms with Gasteiger partial charge in [0.15, 0.2) is 0 Å². The van der Waals surface area contributed by atoms with E-state index in [2.05, 4.69) is 5.32 Å². The van der Waals surface area contributed by atoms with Crippen LogP contribution in [0.25, 0.3) is 0 Å². The molecule has 1 aliphatic rings. The smallest absolute Gasteiger partial charge is 0.264 e. The van der Waals surface area contributed by atoms with Crippen molar-refractivity contribution in [2.45, 2.75) is 44.0 Å². The molecular weight excluding hydrogens is 384 g/mol. The van der Waals surface area contributed by atoms with Crippen LogP contribution in [-0.4, -0.2) is 26.9 Å². The second kappa shape index (κ2) is 7.90. The van der Waals surface area contributed by atoms with E-state index in [0.717, 1.165) is 18.4 Å². The van der Waals surface area contributed by atoms with Gasteiger partial charge in [0, 0.05) is 23.2 Å². The maximum Gasteiger partial charge on any atom is 0.264 e. The van der Waals surface area contributed by atoms with Crippen molar-refractivity contribution in [2.75, 3.05) is 10.8 Å². The van der Waals surface area contributed by atoms with Gasteiger partial charge in [0.1, 0.15) is 0 Å². The Morgan fingerprint density at radius 1 is 1.22 bits per heavy atom. The fraction of sp³-hybridized carbons (Fsp3) is 0.350. The average molecular weight is 407 g/mol. The Morgan fingerprint density at radius 2 is 1.93 bits per heavy atom. The summed E-state index contributed by atoms with van der Waals surface area (Å²) in [7, 11) is -3.67. The van der Waals surface area contributed by atoms with Crippen molar-refractivity contribution in [3.8, 4) is 0 Å². The van der Waals surface area contributed by atoms with Crippen LogP contribution in [0.15, 0.2) is 47.4 Å². The highest BCUT2D eigenvalue weighted by atomic mass is 35.5. The summed E-state index contributed by atoms with van der Waals surface area (Å²) in [4.78, 5) is 12.6. The lowest BCUT2D eigenvalue weighted by molar-refractivity contribution is 0.0939. The number of nitrogens with zero attached hydrogens (tertiary/aromatic N) is 1. The molecule has 5 nitrogen and oxygen atoms in total. The van der Waals surface area contributed by atoms with Gasteiger partial charge < -0.3 is 5.32 Å². The number of carbonyl (C=O) groups excluding carboxylic acids is 1. The SMILES string of the molecule is CC[C@@H](C)NC(=O)c1ccc2c(c1)CCCN2S(=O)(=O)c1ccc(Cl)cc1. The number of hydrogen-bond donors (Lipinski definition) is 1. The summed E-state index contributed by atoms with van der Waals surface area (Å²) in [6.45, 7) is 4.38. The lowest BCUT2D eigenvalue weighted by Gasteiger charge is -2.31. The Balaban J connectivity index is 1.93. The van der Waals surface area contributed by atoms with Crippen molar-refractivity contribution in [3.63, 3.8) is 0 Å². The summed E-state index contributed by atoms with van der Waals surface area (Å²) in [5.74, 6) is -0.134. The molecule has 0 radical (unpaired) electrons. The molecule has 3 rings (SSSR count). The molecule has 0 unspecified atom stereocenters. The molecule has 1 N–H and O–H groups in total. The minimum atomic E-state index is -3.67. The van der Waals surface area contributed by atoms with Gasteiger partial charge >= 0.3 is 0 Å². The Labute approximate surface area is 165 Å². The number of amides is 1. The number of anilines is 1. The molecule has 2 aromatic rings. The van der Waals surface area contributed by atoms with Crippen LogP contribution in [0.5, 0.6) is 0 Å². The molecule has 0 bridgehead atoms. The summed E-state index contributed by atoms with van der Waals surface area (Å²) in [6.07, 6.45) is 2.30. The van der Waals surface area contributed by atoms with Gasteiger partial charge in [-0.1, -0.05) is 18.5 Å². The highest BCUT2D eigenvalue weighted by Crippen LogP contribution is 2.33. The molecule has 7 heteroatoms. The Kier molecular flexibility index (Phi) is 5.77. The van der Waals surface area contributed by atoms with E-state index < -0.39 is 10.0 Å². The van der Waals surface area contributed by atoms with Gasteiger partial charge in [-0.25, -0.2) is 8.42 Å². The number of fused-ring (bicyclic) bond motifs is 1. The molecule has 1 atom stereocenters. The number of rotatable bonds is 5. The first kappa shape index (κ1) is 19.7. The fourth-order valence-electron chi connectivity index (χ4n) is 3.10. The Hall–Kier alpha value is -2.05. The van der Waals surface area contributed by atoms with Crippen molar-refractivity contribution < 1.29 is 13.2 Å². The van der Waals surface area contributed by atoms with Crippen molar-refractivity contribution in [1.29, 1.82) is 0 Å². The van der Waals surface area contributed by atoms with Gasteiger partial charge in [0.25, 0.3) is 15.9 Å². The third kappa shape index (κ3) is 4.12.